The summed E-state index contributed by atoms with van der Waals surface area (Å²) in [6.07, 6.45) is 7.50. The number of piperidine rings is 1. The predicted molar refractivity (Wildman–Crippen MR) is 90.4 cm³/mol. The summed E-state index contributed by atoms with van der Waals surface area (Å²) in [4.78, 5) is 16.0. The minimum atomic E-state index is -0.282. The smallest absolute Gasteiger partial charge is 0.331 e. The molecule has 0 radical (unpaired) electrons. The number of benzene rings is 1. The highest BCUT2D eigenvalue weighted by atomic mass is 32.2. The fourth-order valence-electron chi connectivity index (χ4n) is 5.13. The van der Waals surface area contributed by atoms with E-state index >= 15 is 0 Å². The number of nitrogens with zero attached hydrogens (tertiary/aromatic N) is 1. The summed E-state index contributed by atoms with van der Waals surface area (Å²) in [6.45, 7) is 1.16. The van der Waals surface area contributed by atoms with Gasteiger partial charge in [0.15, 0.2) is 5.60 Å². The van der Waals surface area contributed by atoms with E-state index in [1.165, 1.54) is 29.7 Å². The molecule has 23 heavy (non-hydrogen) atoms. The summed E-state index contributed by atoms with van der Waals surface area (Å²) in [5, 5.41) is 0.523. The molecule has 1 unspecified atom stereocenters. The molecule has 3 nitrogen and oxygen atoms in total. The van der Waals surface area contributed by atoms with Gasteiger partial charge in [0.25, 0.3) is 0 Å². The maximum absolute atomic E-state index is 12.0. The molecule has 0 N–H and O–H groups in total. The van der Waals surface area contributed by atoms with Crippen LogP contribution in [0.15, 0.2) is 46.9 Å². The second kappa shape index (κ2) is 5.12. The first-order chi connectivity index (χ1) is 11.3. The van der Waals surface area contributed by atoms with Crippen molar-refractivity contribution in [1.29, 1.82) is 0 Å². The van der Waals surface area contributed by atoms with E-state index in [0.29, 0.717) is 17.3 Å². The molecule has 4 heteroatoms. The van der Waals surface area contributed by atoms with E-state index in [0.717, 1.165) is 19.4 Å². The van der Waals surface area contributed by atoms with E-state index in [-0.39, 0.29) is 11.6 Å². The molecule has 120 valence electrons. The third kappa shape index (κ3) is 2.04. The Bertz CT molecular complexity index is 673. The highest BCUT2D eigenvalue weighted by Gasteiger charge is 2.63. The van der Waals surface area contributed by atoms with Crippen LogP contribution < -0.4 is 0 Å². The topological polar surface area (TPSA) is 29.5 Å². The number of hydrogen-bond donors (Lipinski definition) is 0. The van der Waals surface area contributed by atoms with Crippen molar-refractivity contribution in [2.45, 2.75) is 59.9 Å². The van der Waals surface area contributed by atoms with Gasteiger partial charge in [0.1, 0.15) is 0 Å². The predicted octanol–water partition coefficient (Wildman–Crippen LogP) is 3.40. The van der Waals surface area contributed by atoms with Gasteiger partial charge in [0.2, 0.25) is 0 Å². The number of fused-ring (bicyclic) bond motifs is 3. The second-order valence-electron chi connectivity index (χ2n) is 7.17. The highest BCUT2D eigenvalue weighted by Crippen LogP contribution is 2.56. The van der Waals surface area contributed by atoms with Gasteiger partial charge in [0, 0.05) is 28.7 Å². The summed E-state index contributed by atoms with van der Waals surface area (Å²) in [5.41, 5.74) is 0.984. The van der Waals surface area contributed by atoms with Crippen LogP contribution in [0.3, 0.4) is 0 Å². The third-order valence-electron chi connectivity index (χ3n) is 6.02. The van der Waals surface area contributed by atoms with Gasteiger partial charge in [0.05, 0.1) is 6.04 Å². The fraction of sp³-hybridized carbons (Fsp3) is 0.526. The number of carbonyl (C=O) groups excluding carboxylic acids is 1. The van der Waals surface area contributed by atoms with Crippen LogP contribution in [-0.4, -0.2) is 40.3 Å². The van der Waals surface area contributed by atoms with E-state index in [1.807, 2.05) is 11.8 Å². The number of hydrogen-bond acceptors (Lipinski definition) is 4. The Labute approximate surface area is 141 Å². The van der Waals surface area contributed by atoms with Crippen LogP contribution in [0.25, 0.3) is 0 Å². The molecule has 3 aliphatic heterocycles. The summed E-state index contributed by atoms with van der Waals surface area (Å²) >= 11 is 1.98. The van der Waals surface area contributed by atoms with Crippen LogP contribution in [-0.2, 0) is 9.53 Å². The van der Waals surface area contributed by atoms with Crippen LogP contribution in [0.4, 0.5) is 0 Å². The van der Waals surface area contributed by atoms with Crippen molar-refractivity contribution in [1.82, 2.24) is 4.90 Å². The largest absolute Gasteiger partial charge is 0.450 e. The standard InChI is InChI=1S/C19H21NO2S/c21-18-11-13-10-16(23-14-6-2-1-3-7-14)15-12-19(13,22-18)17-8-4-5-9-20(15)17/h1-3,6-7,11,15-17H,4-5,8-10,12H2/t15-,16?,17+,19-/m0/s1. The quantitative estimate of drug-likeness (QED) is 0.779. The van der Waals surface area contributed by atoms with Crippen molar-refractivity contribution in [3.8, 4) is 0 Å². The van der Waals surface area contributed by atoms with Crippen molar-refractivity contribution in [3.63, 3.8) is 0 Å². The molecular weight excluding hydrogens is 306 g/mol. The number of rotatable bonds is 2. The lowest BCUT2D eigenvalue weighted by Gasteiger charge is -2.38. The molecule has 1 aromatic carbocycles. The number of ether oxygens (including phenoxy) is 1. The fourth-order valence-corrected chi connectivity index (χ4v) is 6.47. The first-order valence-electron chi connectivity index (χ1n) is 8.68. The summed E-state index contributed by atoms with van der Waals surface area (Å²) in [5.74, 6) is -0.114. The Balaban J connectivity index is 1.51. The maximum Gasteiger partial charge on any atom is 0.331 e. The summed E-state index contributed by atoms with van der Waals surface area (Å²) in [7, 11) is 0. The molecule has 2 saturated heterocycles. The van der Waals surface area contributed by atoms with Gasteiger partial charge in [-0.25, -0.2) is 4.79 Å². The number of carbonyl (C=O) groups is 1. The van der Waals surface area contributed by atoms with E-state index in [1.54, 1.807) is 6.08 Å². The van der Waals surface area contributed by atoms with Gasteiger partial charge in [-0.2, -0.15) is 0 Å². The van der Waals surface area contributed by atoms with Crippen LogP contribution in [0.2, 0.25) is 0 Å². The lowest BCUT2D eigenvalue weighted by atomic mass is 9.77. The van der Waals surface area contributed by atoms with Crippen LogP contribution in [0, 0.1) is 0 Å². The number of thioether (sulfide) groups is 1. The molecule has 3 fully saturated rings. The first kappa shape index (κ1) is 14.1. The van der Waals surface area contributed by atoms with Gasteiger partial charge in [-0.1, -0.05) is 24.6 Å². The molecular formula is C19H21NO2S. The summed E-state index contributed by atoms with van der Waals surface area (Å²) in [6, 6.07) is 11.6. The Morgan fingerprint density at radius 3 is 2.96 bits per heavy atom. The van der Waals surface area contributed by atoms with Crippen molar-refractivity contribution in [2.75, 3.05) is 6.54 Å². The van der Waals surface area contributed by atoms with Crippen molar-refractivity contribution < 1.29 is 9.53 Å². The van der Waals surface area contributed by atoms with Crippen molar-refractivity contribution >= 4 is 17.7 Å². The van der Waals surface area contributed by atoms with Crippen LogP contribution in [0.5, 0.6) is 0 Å². The van der Waals surface area contributed by atoms with Crippen molar-refractivity contribution in [2.24, 2.45) is 0 Å². The molecule has 1 saturated carbocycles. The van der Waals surface area contributed by atoms with E-state index in [4.69, 9.17) is 4.74 Å². The minimum absolute atomic E-state index is 0.114. The molecule has 5 rings (SSSR count). The molecule has 4 aliphatic rings. The maximum atomic E-state index is 12.0. The van der Waals surface area contributed by atoms with E-state index in [2.05, 4.69) is 35.2 Å². The Morgan fingerprint density at radius 1 is 1.22 bits per heavy atom. The van der Waals surface area contributed by atoms with Gasteiger partial charge in [-0.15, -0.1) is 11.8 Å². The highest BCUT2D eigenvalue weighted by molar-refractivity contribution is 8.00. The van der Waals surface area contributed by atoms with E-state index in [9.17, 15) is 4.79 Å². The molecule has 2 bridgehead atoms. The Hall–Kier alpha value is -1.26. The Kier molecular flexibility index (Phi) is 3.14. The molecule has 1 spiro atoms. The Morgan fingerprint density at radius 2 is 2.09 bits per heavy atom. The van der Waals surface area contributed by atoms with Gasteiger partial charge < -0.3 is 4.74 Å². The molecule has 0 amide bonds. The SMILES string of the molecule is O=C1C=C2CC(Sc3ccccc3)[C@@H]3C[C@@]2(O1)[C@H]1CCCCN31. The zero-order chi connectivity index (χ0) is 15.4. The van der Waals surface area contributed by atoms with Gasteiger partial charge in [-0.05, 0) is 43.5 Å². The molecule has 1 aromatic rings. The monoisotopic (exact) mass is 327 g/mol. The van der Waals surface area contributed by atoms with Crippen LogP contribution in [0.1, 0.15) is 32.1 Å². The normalized spacial score (nSPS) is 38.7. The first-order valence-corrected chi connectivity index (χ1v) is 9.56. The lowest BCUT2D eigenvalue weighted by Crippen LogP contribution is -2.48. The summed E-state index contributed by atoms with van der Waals surface area (Å²) < 4.78 is 5.93. The molecule has 4 atom stereocenters. The zero-order valence-corrected chi connectivity index (χ0v) is 13.9. The molecule has 0 aromatic heterocycles. The molecule has 3 heterocycles. The van der Waals surface area contributed by atoms with Crippen molar-refractivity contribution in [3.05, 3.63) is 42.0 Å². The minimum Gasteiger partial charge on any atom is -0.450 e. The average molecular weight is 327 g/mol. The average Bonchev–Trinajstić information content (AvgIpc) is 3.05. The second-order valence-corrected chi connectivity index (χ2v) is 8.49. The molecule has 1 aliphatic carbocycles. The van der Waals surface area contributed by atoms with Gasteiger partial charge >= 0.3 is 5.97 Å². The van der Waals surface area contributed by atoms with E-state index < -0.39 is 0 Å². The number of esters is 1. The lowest BCUT2D eigenvalue weighted by molar-refractivity contribution is -0.148. The van der Waals surface area contributed by atoms with Crippen LogP contribution >= 0.6 is 11.8 Å². The zero-order valence-electron chi connectivity index (χ0n) is 13.1. The van der Waals surface area contributed by atoms with Gasteiger partial charge in [-0.3, -0.25) is 4.90 Å². The third-order valence-corrected chi connectivity index (χ3v) is 7.35.